The number of rotatable bonds is 0. The van der Waals surface area contributed by atoms with Crippen LogP contribution in [0.15, 0.2) is 22.7 Å². The van der Waals surface area contributed by atoms with Crippen LogP contribution in [0.1, 0.15) is 12.5 Å². The van der Waals surface area contributed by atoms with Crippen molar-refractivity contribution in [3.63, 3.8) is 0 Å². The van der Waals surface area contributed by atoms with E-state index in [9.17, 15) is 5.11 Å². The van der Waals surface area contributed by atoms with E-state index in [4.69, 9.17) is 0 Å². The standard InChI is InChI=1S/C10H12BrNO/c1-6-10(13)4-7-2-3-8(11)5-9(7)12-6/h2-3,5-6,10,12-13H,4H2,1H3/t6-,10-/m1/s1. The highest BCUT2D eigenvalue weighted by Crippen LogP contribution is 2.27. The van der Waals surface area contributed by atoms with E-state index in [0.29, 0.717) is 0 Å². The molecule has 1 aliphatic rings. The molecule has 3 heteroatoms. The second-order valence-electron chi connectivity index (χ2n) is 3.51. The molecule has 2 nitrogen and oxygen atoms in total. The van der Waals surface area contributed by atoms with Crippen molar-refractivity contribution in [3.05, 3.63) is 28.2 Å². The van der Waals surface area contributed by atoms with Crippen LogP contribution in [-0.4, -0.2) is 17.3 Å². The summed E-state index contributed by atoms with van der Waals surface area (Å²) >= 11 is 3.42. The zero-order valence-electron chi connectivity index (χ0n) is 7.42. The van der Waals surface area contributed by atoms with E-state index in [1.54, 1.807) is 0 Å². The van der Waals surface area contributed by atoms with Gasteiger partial charge in [-0.2, -0.15) is 0 Å². The molecule has 0 fully saturated rings. The maximum absolute atomic E-state index is 9.62. The second-order valence-corrected chi connectivity index (χ2v) is 4.42. The van der Waals surface area contributed by atoms with Gasteiger partial charge in [-0.3, -0.25) is 0 Å². The van der Waals surface area contributed by atoms with E-state index >= 15 is 0 Å². The van der Waals surface area contributed by atoms with Gasteiger partial charge in [0.1, 0.15) is 0 Å². The quantitative estimate of drug-likeness (QED) is 0.730. The first kappa shape index (κ1) is 9.03. The van der Waals surface area contributed by atoms with Gasteiger partial charge in [0.05, 0.1) is 6.10 Å². The predicted octanol–water partition coefficient (Wildman–Crippen LogP) is 2.17. The van der Waals surface area contributed by atoms with Crippen molar-refractivity contribution in [1.29, 1.82) is 0 Å². The third-order valence-electron chi connectivity index (χ3n) is 2.46. The van der Waals surface area contributed by atoms with Crippen LogP contribution in [0.25, 0.3) is 0 Å². The number of nitrogens with one attached hydrogen (secondary N) is 1. The molecule has 0 aliphatic carbocycles. The SMILES string of the molecule is C[C@H]1Nc2cc(Br)ccc2C[C@H]1O. The lowest BCUT2D eigenvalue weighted by atomic mass is 9.96. The van der Waals surface area contributed by atoms with Gasteiger partial charge in [0.2, 0.25) is 0 Å². The van der Waals surface area contributed by atoms with Crippen molar-refractivity contribution >= 4 is 21.6 Å². The van der Waals surface area contributed by atoms with Crippen LogP contribution in [0.5, 0.6) is 0 Å². The molecule has 0 amide bonds. The van der Waals surface area contributed by atoms with Crippen LogP contribution in [0, 0.1) is 0 Å². The Bertz CT molecular complexity index is 327. The van der Waals surface area contributed by atoms with Crippen molar-refractivity contribution in [1.82, 2.24) is 0 Å². The van der Waals surface area contributed by atoms with Gasteiger partial charge < -0.3 is 10.4 Å². The van der Waals surface area contributed by atoms with Crippen molar-refractivity contribution in [3.8, 4) is 0 Å². The Morgan fingerprint density at radius 1 is 1.54 bits per heavy atom. The summed E-state index contributed by atoms with van der Waals surface area (Å²) in [6.45, 7) is 1.99. The van der Waals surface area contributed by atoms with E-state index in [1.165, 1.54) is 5.56 Å². The Morgan fingerprint density at radius 3 is 3.08 bits per heavy atom. The molecule has 2 N–H and O–H groups in total. The van der Waals surface area contributed by atoms with Gasteiger partial charge in [-0.1, -0.05) is 22.0 Å². The van der Waals surface area contributed by atoms with Crippen molar-refractivity contribution < 1.29 is 5.11 Å². The lowest BCUT2D eigenvalue weighted by molar-refractivity contribution is 0.154. The minimum atomic E-state index is -0.270. The lowest BCUT2D eigenvalue weighted by Gasteiger charge is -2.29. The average Bonchev–Trinajstić information content (AvgIpc) is 2.08. The van der Waals surface area contributed by atoms with Crippen LogP contribution < -0.4 is 5.32 Å². The Labute approximate surface area is 86.1 Å². The molecule has 1 aromatic carbocycles. The average molecular weight is 242 g/mol. The fourth-order valence-corrected chi connectivity index (χ4v) is 1.97. The summed E-state index contributed by atoms with van der Waals surface area (Å²) in [6.07, 6.45) is 0.477. The first-order valence-electron chi connectivity index (χ1n) is 4.40. The maximum Gasteiger partial charge on any atom is 0.0779 e. The topological polar surface area (TPSA) is 32.3 Å². The molecular formula is C10H12BrNO. The van der Waals surface area contributed by atoms with Crippen LogP contribution in [0.2, 0.25) is 0 Å². The first-order valence-corrected chi connectivity index (χ1v) is 5.19. The maximum atomic E-state index is 9.62. The summed E-state index contributed by atoms with van der Waals surface area (Å²) in [7, 11) is 0. The summed E-state index contributed by atoms with van der Waals surface area (Å²) in [5, 5.41) is 12.9. The highest BCUT2D eigenvalue weighted by atomic mass is 79.9. The van der Waals surface area contributed by atoms with Crippen molar-refractivity contribution in [2.75, 3.05) is 5.32 Å². The molecule has 2 rings (SSSR count). The van der Waals surface area contributed by atoms with Crippen LogP contribution in [-0.2, 0) is 6.42 Å². The zero-order valence-corrected chi connectivity index (χ0v) is 9.01. The Hall–Kier alpha value is -0.540. The van der Waals surface area contributed by atoms with E-state index in [0.717, 1.165) is 16.6 Å². The second kappa shape index (κ2) is 3.31. The molecule has 0 spiro atoms. The van der Waals surface area contributed by atoms with Crippen LogP contribution >= 0.6 is 15.9 Å². The summed E-state index contributed by atoms with van der Waals surface area (Å²) in [5.74, 6) is 0. The van der Waals surface area contributed by atoms with Crippen molar-refractivity contribution in [2.45, 2.75) is 25.5 Å². The molecule has 1 aromatic rings. The number of anilines is 1. The molecule has 1 aliphatic heterocycles. The molecule has 70 valence electrons. The van der Waals surface area contributed by atoms with E-state index < -0.39 is 0 Å². The van der Waals surface area contributed by atoms with Crippen LogP contribution in [0.4, 0.5) is 5.69 Å². The summed E-state index contributed by atoms with van der Waals surface area (Å²) in [4.78, 5) is 0. The molecule has 0 aromatic heterocycles. The third-order valence-corrected chi connectivity index (χ3v) is 2.95. The van der Waals surface area contributed by atoms with Gasteiger partial charge in [-0.25, -0.2) is 0 Å². The van der Waals surface area contributed by atoms with E-state index in [1.807, 2.05) is 19.1 Å². The number of halogens is 1. The number of benzene rings is 1. The summed E-state index contributed by atoms with van der Waals surface area (Å²) < 4.78 is 1.07. The number of aliphatic hydroxyl groups is 1. The molecule has 13 heavy (non-hydrogen) atoms. The number of hydrogen-bond acceptors (Lipinski definition) is 2. The number of hydrogen-bond donors (Lipinski definition) is 2. The third kappa shape index (κ3) is 1.71. The fourth-order valence-electron chi connectivity index (χ4n) is 1.60. The molecule has 0 saturated heterocycles. The van der Waals surface area contributed by atoms with Gasteiger partial charge in [-0.05, 0) is 24.6 Å². The smallest absolute Gasteiger partial charge is 0.0779 e. The largest absolute Gasteiger partial charge is 0.391 e. The van der Waals surface area contributed by atoms with Gasteiger partial charge in [0, 0.05) is 22.6 Å². The van der Waals surface area contributed by atoms with E-state index in [-0.39, 0.29) is 12.1 Å². The molecule has 0 unspecified atom stereocenters. The van der Waals surface area contributed by atoms with Gasteiger partial charge in [0.25, 0.3) is 0 Å². The predicted molar refractivity (Wildman–Crippen MR) is 56.9 cm³/mol. The normalized spacial score (nSPS) is 26.4. The summed E-state index contributed by atoms with van der Waals surface area (Å²) in [6, 6.07) is 6.24. The van der Waals surface area contributed by atoms with Gasteiger partial charge >= 0.3 is 0 Å². The molecule has 2 atom stereocenters. The Morgan fingerprint density at radius 2 is 2.31 bits per heavy atom. The monoisotopic (exact) mass is 241 g/mol. The minimum Gasteiger partial charge on any atom is -0.391 e. The Balaban J connectivity index is 2.37. The Kier molecular flexibility index (Phi) is 2.30. The van der Waals surface area contributed by atoms with Gasteiger partial charge in [-0.15, -0.1) is 0 Å². The summed E-state index contributed by atoms with van der Waals surface area (Å²) in [5.41, 5.74) is 2.32. The van der Waals surface area contributed by atoms with E-state index in [2.05, 4.69) is 27.3 Å². The molecule has 0 bridgehead atoms. The highest BCUT2D eigenvalue weighted by molar-refractivity contribution is 9.10. The zero-order chi connectivity index (χ0) is 9.42. The highest BCUT2D eigenvalue weighted by Gasteiger charge is 2.22. The fraction of sp³-hybridized carbons (Fsp3) is 0.400. The number of fused-ring (bicyclic) bond motifs is 1. The van der Waals surface area contributed by atoms with Crippen molar-refractivity contribution in [2.24, 2.45) is 0 Å². The number of aliphatic hydroxyl groups excluding tert-OH is 1. The first-order chi connectivity index (χ1) is 6.16. The molecule has 1 heterocycles. The molecule has 0 radical (unpaired) electrons. The lowest BCUT2D eigenvalue weighted by Crippen LogP contribution is -2.36. The molecule has 0 saturated carbocycles. The van der Waals surface area contributed by atoms with Gasteiger partial charge in [0.15, 0.2) is 0 Å². The minimum absolute atomic E-state index is 0.141. The molecular weight excluding hydrogens is 230 g/mol. The van der Waals surface area contributed by atoms with Crippen LogP contribution in [0.3, 0.4) is 0 Å².